The van der Waals surface area contributed by atoms with Crippen LogP contribution in [0, 0.1) is 0 Å². The number of methoxy groups -OCH3 is 2. The summed E-state index contributed by atoms with van der Waals surface area (Å²) in [5.41, 5.74) is 6.23. The van der Waals surface area contributed by atoms with Crippen molar-refractivity contribution in [2.75, 3.05) is 20.8 Å². The topological polar surface area (TPSA) is 76.7 Å². The largest absolute Gasteiger partial charge is 0.497 e. The number of aromatic amines is 1. The summed E-state index contributed by atoms with van der Waals surface area (Å²) in [6, 6.07) is 33.5. The number of carbonyl (C=O) groups is 1. The molecule has 1 amide bonds. The number of hydrogen-bond acceptors (Lipinski definition) is 5. The third-order valence-corrected chi connectivity index (χ3v) is 7.45. The molecule has 1 N–H and O–H groups in total. The lowest BCUT2D eigenvalue weighted by Crippen LogP contribution is -2.31. The third kappa shape index (κ3) is 5.26. The standard InChI is InChI=1S/C34H31N3O4/c1-39-27-16-13-23(14-17-27)19-20-37-33(30-31(25-11-7-4-8-12-25)35-36-32(30)34(37)38)26-15-18-28(29(21-26)40-2)41-22-24-9-5-3-6-10-24/h3-18,21,33H,19-20,22H2,1-2H3,(H,35,36). The summed E-state index contributed by atoms with van der Waals surface area (Å²) in [4.78, 5) is 15.7. The zero-order chi connectivity index (χ0) is 28.2. The van der Waals surface area contributed by atoms with Gasteiger partial charge >= 0.3 is 0 Å². The molecule has 6 rings (SSSR count). The Morgan fingerprint density at radius 3 is 2.24 bits per heavy atom. The van der Waals surface area contributed by atoms with Crippen LogP contribution in [0.15, 0.2) is 103 Å². The molecule has 1 aliphatic heterocycles. The molecule has 0 spiro atoms. The Kier molecular flexibility index (Phi) is 7.41. The second-order valence-corrected chi connectivity index (χ2v) is 9.91. The number of aromatic nitrogens is 2. The minimum atomic E-state index is -0.346. The summed E-state index contributed by atoms with van der Waals surface area (Å²) in [6.45, 7) is 0.956. The fraction of sp³-hybridized carbons (Fsp3) is 0.176. The van der Waals surface area contributed by atoms with Crippen molar-refractivity contribution in [1.29, 1.82) is 0 Å². The fourth-order valence-electron chi connectivity index (χ4n) is 5.34. The van der Waals surface area contributed by atoms with E-state index in [1.165, 1.54) is 0 Å². The van der Waals surface area contributed by atoms with Gasteiger partial charge in [-0.25, -0.2) is 0 Å². The highest BCUT2D eigenvalue weighted by Gasteiger charge is 2.42. The maximum atomic E-state index is 13.8. The van der Waals surface area contributed by atoms with Gasteiger partial charge in [-0.3, -0.25) is 9.89 Å². The quantitative estimate of drug-likeness (QED) is 0.218. The molecule has 41 heavy (non-hydrogen) atoms. The molecule has 1 atom stereocenters. The highest BCUT2D eigenvalue weighted by atomic mass is 16.5. The van der Waals surface area contributed by atoms with Gasteiger partial charge in [0.05, 0.1) is 26.0 Å². The molecule has 1 aromatic heterocycles. The summed E-state index contributed by atoms with van der Waals surface area (Å²) < 4.78 is 17.2. The molecular weight excluding hydrogens is 514 g/mol. The lowest BCUT2D eigenvalue weighted by atomic mass is 9.95. The molecule has 0 saturated heterocycles. The number of ether oxygens (including phenoxy) is 3. The second kappa shape index (κ2) is 11.6. The van der Waals surface area contributed by atoms with E-state index in [2.05, 4.69) is 10.2 Å². The average molecular weight is 546 g/mol. The van der Waals surface area contributed by atoms with Crippen molar-refractivity contribution in [3.05, 3.63) is 131 Å². The van der Waals surface area contributed by atoms with Gasteiger partial charge in [-0.1, -0.05) is 78.9 Å². The normalized spacial score (nSPS) is 14.1. The smallest absolute Gasteiger partial charge is 0.273 e. The van der Waals surface area contributed by atoms with Crippen LogP contribution in [-0.2, 0) is 13.0 Å². The first-order chi connectivity index (χ1) is 20.2. The van der Waals surface area contributed by atoms with Crippen molar-refractivity contribution in [3.8, 4) is 28.5 Å². The molecule has 0 saturated carbocycles. The second-order valence-electron chi connectivity index (χ2n) is 9.91. The lowest BCUT2D eigenvalue weighted by molar-refractivity contribution is 0.0745. The first kappa shape index (κ1) is 26.2. The zero-order valence-electron chi connectivity index (χ0n) is 23.0. The van der Waals surface area contributed by atoms with E-state index in [9.17, 15) is 4.79 Å². The predicted octanol–water partition coefficient (Wildman–Crippen LogP) is 6.46. The lowest BCUT2D eigenvalue weighted by Gasteiger charge is -2.27. The molecule has 1 unspecified atom stereocenters. The molecule has 0 fully saturated rings. The highest BCUT2D eigenvalue weighted by Crippen LogP contribution is 2.44. The van der Waals surface area contributed by atoms with Crippen LogP contribution in [0.2, 0.25) is 0 Å². The van der Waals surface area contributed by atoms with E-state index in [0.717, 1.165) is 39.3 Å². The molecule has 7 heteroatoms. The molecule has 5 aromatic rings. The molecular formula is C34H31N3O4. The Labute approximate surface area is 239 Å². The first-order valence-corrected chi connectivity index (χ1v) is 13.6. The summed E-state index contributed by atoms with van der Waals surface area (Å²) >= 11 is 0. The van der Waals surface area contributed by atoms with Gasteiger partial charge in [0.25, 0.3) is 5.91 Å². The predicted molar refractivity (Wildman–Crippen MR) is 157 cm³/mol. The van der Waals surface area contributed by atoms with Gasteiger partial charge in [0, 0.05) is 17.7 Å². The maximum absolute atomic E-state index is 13.8. The van der Waals surface area contributed by atoms with Crippen molar-refractivity contribution >= 4 is 5.91 Å². The number of amides is 1. The van der Waals surface area contributed by atoms with Crippen LogP contribution in [-0.4, -0.2) is 41.8 Å². The number of fused-ring (bicyclic) bond motifs is 1. The van der Waals surface area contributed by atoms with Crippen LogP contribution in [0.5, 0.6) is 17.2 Å². The van der Waals surface area contributed by atoms with Crippen LogP contribution in [0.1, 0.15) is 38.8 Å². The highest BCUT2D eigenvalue weighted by molar-refractivity contribution is 6.00. The Balaban J connectivity index is 1.35. The number of nitrogens with one attached hydrogen (secondary N) is 1. The molecule has 4 aromatic carbocycles. The number of rotatable bonds is 10. The van der Waals surface area contributed by atoms with Gasteiger partial charge in [-0.2, -0.15) is 5.10 Å². The van der Waals surface area contributed by atoms with Crippen LogP contribution in [0.25, 0.3) is 11.3 Å². The van der Waals surface area contributed by atoms with Crippen molar-refractivity contribution in [2.45, 2.75) is 19.1 Å². The van der Waals surface area contributed by atoms with Crippen LogP contribution >= 0.6 is 0 Å². The number of nitrogens with zero attached hydrogens (tertiary/aromatic N) is 2. The number of benzene rings is 4. The van der Waals surface area contributed by atoms with Crippen LogP contribution < -0.4 is 14.2 Å². The van der Waals surface area contributed by atoms with E-state index >= 15 is 0 Å². The number of H-pyrrole nitrogens is 1. The van der Waals surface area contributed by atoms with Crippen LogP contribution in [0.3, 0.4) is 0 Å². The van der Waals surface area contributed by atoms with Crippen molar-refractivity contribution in [2.24, 2.45) is 0 Å². The molecule has 2 heterocycles. The van der Waals surface area contributed by atoms with E-state index in [0.29, 0.717) is 36.8 Å². The summed E-state index contributed by atoms with van der Waals surface area (Å²) in [7, 11) is 3.29. The Morgan fingerprint density at radius 1 is 0.805 bits per heavy atom. The molecule has 7 nitrogen and oxygen atoms in total. The minimum absolute atomic E-state index is 0.0726. The van der Waals surface area contributed by atoms with Gasteiger partial charge in [-0.15, -0.1) is 0 Å². The summed E-state index contributed by atoms with van der Waals surface area (Å²) in [5, 5.41) is 7.63. The van der Waals surface area contributed by atoms with E-state index in [4.69, 9.17) is 14.2 Å². The number of carbonyl (C=O) groups excluding carboxylic acids is 1. The zero-order valence-corrected chi connectivity index (χ0v) is 23.0. The van der Waals surface area contributed by atoms with Gasteiger partial charge in [0.15, 0.2) is 11.5 Å². The SMILES string of the molecule is COc1ccc(CCN2C(=O)c3[nH]nc(-c4ccccc4)c3C2c2ccc(OCc3ccccc3)c(OC)c2)cc1. The molecule has 0 bridgehead atoms. The first-order valence-electron chi connectivity index (χ1n) is 13.6. The summed E-state index contributed by atoms with van der Waals surface area (Å²) in [6.07, 6.45) is 0.694. The molecule has 1 aliphatic rings. The Bertz CT molecular complexity index is 1630. The van der Waals surface area contributed by atoms with E-state index in [-0.39, 0.29) is 11.9 Å². The molecule has 206 valence electrons. The summed E-state index contributed by atoms with van der Waals surface area (Å²) in [5.74, 6) is 1.99. The van der Waals surface area contributed by atoms with Gasteiger partial charge in [0.2, 0.25) is 0 Å². The van der Waals surface area contributed by atoms with Crippen molar-refractivity contribution in [1.82, 2.24) is 15.1 Å². The minimum Gasteiger partial charge on any atom is -0.497 e. The van der Waals surface area contributed by atoms with Crippen molar-refractivity contribution in [3.63, 3.8) is 0 Å². The number of hydrogen-bond donors (Lipinski definition) is 1. The van der Waals surface area contributed by atoms with Gasteiger partial charge in [0.1, 0.15) is 18.1 Å². The Hall–Kier alpha value is -5.04. The molecule has 0 aliphatic carbocycles. The van der Waals surface area contributed by atoms with Gasteiger partial charge in [-0.05, 0) is 47.4 Å². The fourth-order valence-corrected chi connectivity index (χ4v) is 5.34. The van der Waals surface area contributed by atoms with E-state index in [1.54, 1.807) is 14.2 Å². The van der Waals surface area contributed by atoms with E-state index in [1.807, 2.05) is 108 Å². The van der Waals surface area contributed by atoms with E-state index < -0.39 is 0 Å². The van der Waals surface area contributed by atoms with Gasteiger partial charge < -0.3 is 19.1 Å². The van der Waals surface area contributed by atoms with Crippen molar-refractivity contribution < 1.29 is 19.0 Å². The average Bonchev–Trinajstić information content (AvgIpc) is 3.58. The Morgan fingerprint density at radius 2 is 1.54 bits per heavy atom. The van der Waals surface area contributed by atoms with Crippen LogP contribution in [0.4, 0.5) is 0 Å². The maximum Gasteiger partial charge on any atom is 0.273 e. The third-order valence-electron chi connectivity index (χ3n) is 7.45. The monoisotopic (exact) mass is 545 g/mol. The molecule has 0 radical (unpaired) electrons.